The van der Waals surface area contributed by atoms with Gasteiger partial charge in [-0.05, 0) is 0 Å². The van der Waals surface area contributed by atoms with Crippen molar-refractivity contribution in [2.45, 2.75) is 0 Å². The Bertz CT molecular complexity index is 11.6. The maximum Gasteiger partial charge on any atom is 1.00 e. The monoisotopic (exact) mass is 135 g/mol. The molecule has 1 radical (unpaired) electrons. The van der Waals surface area contributed by atoms with Crippen molar-refractivity contribution < 1.29 is 52.4 Å². The maximum absolute atomic E-state index is 6.47. The van der Waals surface area contributed by atoms with Crippen molar-refractivity contribution in [3.05, 3.63) is 0 Å². The molecule has 0 saturated heterocycles. The van der Waals surface area contributed by atoms with Crippen LogP contribution in [0.4, 0.5) is 0 Å². The third-order valence-electron chi connectivity index (χ3n) is 0. The molecule has 0 aliphatic carbocycles. The zero-order valence-corrected chi connectivity index (χ0v) is 5.96. The zero-order chi connectivity index (χ0) is 2.00. The fourth-order valence-electron chi connectivity index (χ4n) is 0. The van der Waals surface area contributed by atoms with Crippen LogP contribution in [0.1, 0.15) is 1.43 Å². The Balaban J connectivity index is -0.00000000167. The molecule has 0 aromatic heterocycles. The van der Waals surface area contributed by atoms with Crippen LogP contribution in [-0.4, -0.2) is 4.66 Å². The van der Waals surface area contributed by atoms with Crippen molar-refractivity contribution in [1.82, 2.24) is 0 Å². The smallest absolute Gasteiger partial charge is 1.00 e. The molecular formula is H2ClCoNaO. The van der Waals surface area contributed by atoms with Crippen LogP contribution >= 0.6 is 11.9 Å². The SMILES string of the molecule is OCl.[Co].[H-].[Na+]. The first-order valence-electron chi connectivity index (χ1n) is 0.169. The van der Waals surface area contributed by atoms with E-state index in [1.54, 1.807) is 0 Å². The molecule has 0 heterocycles. The molecule has 0 aromatic carbocycles. The maximum atomic E-state index is 6.47. The predicted octanol–water partition coefficient (Wildman–Crippen LogP) is -2.75. The summed E-state index contributed by atoms with van der Waals surface area (Å²) in [5, 5.41) is 0. The summed E-state index contributed by atoms with van der Waals surface area (Å²) in [6, 6.07) is 0. The fourth-order valence-corrected chi connectivity index (χ4v) is 0. The third kappa shape index (κ3) is 9.25. The number of rotatable bonds is 0. The summed E-state index contributed by atoms with van der Waals surface area (Å²) in [6.45, 7) is 0. The van der Waals surface area contributed by atoms with Crippen LogP contribution in [0.15, 0.2) is 0 Å². The molecule has 0 aromatic rings. The first-order valence-corrected chi connectivity index (χ1v) is 0.507. The largest absolute Gasteiger partial charge is 1.00 e. The summed E-state index contributed by atoms with van der Waals surface area (Å²) in [5.41, 5.74) is 0. The summed E-state index contributed by atoms with van der Waals surface area (Å²) in [6.07, 6.45) is 0. The molecule has 0 aliphatic heterocycles. The van der Waals surface area contributed by atoms with Gasteiger partial charge in [-0.2, -0.15) is 0 Å². The van der Waals surface area contributed by atoms with Crippen molar-refractivity contribution in [2.75, 3.05) is 0 Å². The van der Waals surface area contributed by atoms with Gasteiger partial charge in [0.15, 0.2) is 0 Å². The Labute approximate surface area is 63.9 Å². The van der Waals surface area contributed by atoms with Crippen LogP contribution in [0.3, 0.4) is 0 Å². The molecule has 1 nitrogen and oxygen atoms in total. The second kappa shape index (κ2) is 21.8. The van der Waals surface area contributed by atoms with Crippen molar-refractivity contribution in [1.29, 1.82) is 0 Å². The van der Waals surface area contributed by atoms with Gasteiger partial charge in [0.05, 0.1) is 11.9 Å². The Hall–Kier alpha value is 1.76. The molecule has 0 atom stereocenters. The number of hydrogen-bond donors (Lipinski definition) is 1. The molecule has 0 spiro atoms. The van der Waals surface area contributed by atoms with Crippen LogP contribution in [-0.2, 0) is 16.8 Å². The summed E-state index contributed by atoms with van der Waals surface area (Å²) in [4.78, 5) is 0. The summed E-state index contributed by atoms with van der Waals surface area (Å²) in [5.74, 6) is 0. The summed E-state index contributed by atoms with van der Waals surface area (Å²) < 4.78 is 6.47. The minimum atomic E-state index is 0. The van der Waals surface area contributed by atoms with Gasteiger partial charge in [-0.3, -0.25) is 4.66 Å². The molecule has 4 heteroatoms. The topological polar surface area (TPSA) is 20.2 Å². The van der Waals surface area contributed by atoms with Gasteiger partial charge >= 0.3 is 29.6 Å². The Morgan fingerprint density at radius 2 is 1.50 bits per heavy atom. The number of hydrogen-bond acceptors (Lipinski definition) is 1. The normalized spacial score (nSPS) is 1.50. The molecular weight excluding hydrogens is 133 g/mol. The van der Waals surface area contributed by atoms with Crippen molar-refractivity contribution in [2.24, 2.45) is 0 Å². The van der Waals surface area contributed by atoms with Gasteiger partial charge in [0, 0.05) is 16.8 Å². The fraction of sp³-hybridized carbons (Fsp3) is 0. The van der Waals surface area contributed by atoms with Crippen molar-refractivity contribution in [3.63, 3.8) is 0 Å². The second-order valence-electron chi connectivity index (χ2n) is 0. The van der Waals surface area contributed by atoms with E-state index in [1.165, 1.54) is 0 Å². The minimum Gasteiger partial charge on any atom is -1.00 e. The van der Waals surface area contributed by atoms with Gasteiger partial charge < -0.3 is 1.43 Å². The molecule has 0 amide bonds. The van der Waals surface area contributed by atoms with E-state index in [-0.39, 0.29) is 47.8 Å². The van der Waals surface area contributed by atoms with Crippen molar-refractivity contribution in [3.8, 4) is 0 Å². The molecule has 0 bridgehead atoms. The predicted molar refractivity (Wildman–Crippen MR) is 9.18 cm³/mol. The van der Waals surface area contributed by atoms with Gasteiger partial charge in [0.1, 0.15) is 0 Å². The van der Waals surface area contributed by atoms with Gasteiger partial charge in [-0.15, -0.1) is 0 Å². The first kappa shape index (κ1) is 17.1. The molecule has 0 rings (SSSR count). The van der Waals surface area contributed by atoms with Crippen LogP contribution < -0.4 is 29.6 Å². The van der Waals surface area contributed by atoms with Gasteiger partial charge in [0.25, 0.3) is 0 Å². The van der Waals surface area contributed by atoms with E-state index in [9.17, 15) is 0 Å². The standard InChI is InChI=1S/ClHO.Co.Na.H/c1-2;;;/h2H;;;/q;;+1;-1. The molecule has 0 fully saturated rings. The second-order valence-corrected chi connectivity index (χ2v) is 0. The van der Waals surface area contributed by atoms with E-state index in [2.05, 4.69) is 11.9 Å². The van der Waals surface area contributed by atoms with E-state index in [0.717, 1.165) is 0 Å². The molecule has 0 unspecified atom stereocenters. The van der Waals surface area contributed by atoms with Gasteiger partial charge in [0.2, 0.25) is 0 Å². The van der Waals surface area contributed by atoms with Gasteiger partial charge in [-0.25, -0.2) is 0 Å². The Morgan fingerprint density at radius 3 is 1.50 bits per heavy atom. The van der Waals surface area contributed by atoms with E-state index in [1.807, 2.05) is 0 Å². The average molecular weight is 135 g/mol. The molecule has 0 aliphatic rings. The van der Waals surface area contributed by atoms with E-state index in [4.69, 9.17) is 4.66 Å². The summed E-state index contributed by atoms with van der Waals surface area (Å²) >= 11 is 3.64. The van der Waals surface area contributed by atoms with E-state index >= 15 is 0 Å². The molecule has 25 valence electrons. The first-order chi connectivity index (χ1) is 1.00. The zero-order valence-electron chi connectivity index (χ0n) is 3.16. The van der Waals surface area contributed by atoms with Crippen LogP contribution in [0, 0.1) is 0 Å². The summed E-state index contributed by atoms with van der Waals surface area (Å²) in [7, 11) is 0. The molecule has 0 saturated carbocycles. The third-order valence-corrected chi connectivity index (χ3v) is 0. The van der Waals surface area contributed by atoms with E-state index in [0.29, 0.717) is 0 Å². The molecule has 1 N–H and O–H groups in total. The van der Waals surface area contributed by atoms with Crippen molar-refractivity contribution >= 4 is 11.9 Å². The van der Waals surface area contributed by atoms with E-state index < -0.39 is 0 Å². The van der Waals surface area contributed by atoms with Crippen LogP contribution in [0.2, 0.25) is 0 Å². The van der Waals surface area contributed by atoms with Gasteiger partial charge in [-0.1, -0.05) is 0 Å². The average Bonchev–Trinajstić information content (AvgIpc) is 1.00. The molecule has 4 heavy (non-hydrogen) atoms. The van der Waals surface area contributed by atoms with Crippen LogP contribution in [0.25, 0.3) is 0 Å². The Morgan fingerprint density at radius 1 is 1.50 bits per heavy atom. The quantitative estimate of drug-likeness (QED) is 0.357. The van der Waals surface area contributed by atoms with Crippen LogP contribution in [0.5, 0.6) is 0 Å². The Kier molecular flexibility index (Phi) is 93.2. The minimum absolute atomic E-state index is 0. The number of halogens is 1.